The molecule has 0 radical (unpaired) electrons. The summed E-state index contributed by atoms with van der Waals surface area (Å²) in [5.74, 6) is 2.57. The third kappa shape index (κ3) is 4.12. The van der Waals surface area contributed by atoms with Crippen LogP contribution in [0, 0.1) is 6.92 Å². The van der Waals surface area contributed by atoms with Crippen molar-refractivity contribution in [3.05, 3.63) is 27.7 Å². The maximum atomic E-state index is 12.7. The Labute approximate surface area is 170 Å². The standard InChI is InChI=1S/C20H30N6OS/c1-15-18(21-14-28-15)20(27)26-11-7-16(8-12-26)19-23-22-17(24(19)2)13-25-9-5-3-4-6-10-25/h14,16H,3-13H2,1-2H3. The van der Waals surface area contributed by atoms with Crippen LogP contribution in [0.5, 0.6) is 0 Å². The molecule has 4 heterocycles. The largest absolute Gasteiger partial charge is 0.337 e. The van der Waals surface area contributed by atoms with Crippen LogP contribution in [-0.4, -0.2) is 61.6 Å². The minimum Gasteiger partial charge on any atom is -0.337 e. The van der Waals surface area contributed by atoms with Crippen LogP contribution in [0.15, 0.2) is 5.51 Å². The molecule has 0 atom stereocenters. The normalized spacial score (nSPS) is 19.7. The van der Waals surface area contributed by atoms with Crippen molar-refractivity contribution in [1.29, 1.82) is 0 Å². The molecule has 0 aliphatic carbocycles. The van der Waals surface area contributed by atoms with E-state index in [1.807, 2.05) is 11.8 Å². The molecule has 1 amide bonds. The number of carbonyl (C=O) groups is 1. The molecular weight excluding hydrogens is 372 g/mol. The van der Waals surface area contributed by atoms with E-state index in [1.165, 1.54) is 50.1 Å². The highest BCUT2D eigenvalue weighted by Gasteiger charge is 2.29. The number of hydrogen-bond donors (Lipinski definition) is 0. The smallest absolute Gasteiger partial charge is 0.273 e. The first-order valence-electron chi connectivity index (χ1n) is 10.4. The zero-order valence-corrected chi connectivity index (χ0v) is 17.7. The van der Waals surface area contributed by atoms with Gasteiger partial charge in [-0.1, -0.05) is 12.8 Å². The van der Waals surface area contributed by atoms with Crippen LogP contribution in [-0.2, 0) is 13.6 Å². The highest BCUT2D eigenvalue weighted by molar-refractivity contribution is 7.09. The van der Waals surface area contributed by atoms with Crippen molar-refractivity contribution in [3.63, 3.8) is 0 Å². The van der Waals surface area contributed by atoms with Gasteiger partial charge in [-0.25, -0.2) is 4.98 Å². The molecule has 4 rings (SSSR count). The molecule has 2 aliphatic heterocycles. The number of amides is 1. The van der Waals surface area contributed by atoms with Crippen LogP contribution in [0.3, 0.4) is 0 Å². The van der Waals surface area contributed by atoms with Crippen molar-refractivity contribution in [1.82, 2.24) is 29.5 Å². The van der Waals surface area contributed by atoms with Gasteiger partial charge >= 0.3 is 0 Å². The Morgan fingerprint density at radius 3 is 2.46 bits per heavy atom. The topological polar surface area (TPSA) is 67.2 Å². The number of hydrogen-bond acceptors (Lipinski definition) is 6. The highest BCUT2D eigenvalue weighted by atomic mass is 32.1. The lowest BCUT2D eigenvalue weighted by atomic mass is 9.95. The second-order valence-electron chi connectivity index (χ2n) is 8.05. The zero-order chi connectivity index (χ0) is 19.5. The number of carbonyl (C=O) groups excluding carboxylic acids is 1. The summed E-state index contributed by atoms with van der Waals surface area (Å²) in [4.78, 5) is 22.4. The number of aryl methyl sites for hydroxylation is 1. The number of piperidine rings is 1. The molecule has 7 nitrogen and oxygen atoms in total. The first-order chi connectivity index (χ1) is 13.6. The first-order valence-corrected chi connectivity index (χ1v) is 11.3. The molecule has 2 fully saturated rings. The SMILES string of the molecule is Cc1scnc1C(=O)N1CCC(c2nnc(CN3CCCCCC3)n2C)CC1. The molecule has 0 spiro atoms. The van der Waals surface area contributed by atoms with Crippen molar-refractivity contribution >= 4 is 17.2 Å². The minimum atomic E-state index is 0.0667. The number of nitrogens with zero attached hydrogens (tertiary/aromatic N) is 6. The van der Waals surface area contributed by atoms with Crippen molar-refractivity contribution in [2.24, 2.45) is 7.05 Å². The van der Waals surface area contributed by atoms with E-state index in [0.29, 0.717) is 11.6 Å². The molecule has 8 heteroatoms. The van der Waals surface area contributed by atoms with Crippen LogP contribution >= 0.6 is 11.3 Å². The third-order valence-corrected chi connectivity index (χ3v) is 6.91. The van der Waals surface area contributed by atoms with Crippen LogP contribution in [0.25, 0.3) is 0 Å². The van der Waals surface area contributed by atoms with Crippen LogP contribution in [0.2, 0.25) is 0 Å². The van der Waals surface area contributed by atoms with Crippen molar-refractivity contribution in [2.75, 3.05) is 26.2 Å². The number of likely N-dealkylation sites (tertiary alicyclic amines) is 2. The summed E-state index contributed by atoms with van der Waals surface area (Å²) in [6.07, 6.45) is 7.14. The summed E-state index contributed by atoms with van der Waals surface area (Å²) < 4.78 is 2.19. The van der Waals surface area contributed by atoms with Gasteiger partial charge in [0.2, 0.25) is 0 Å². The third-order valence-electron chi connectivity index (χ3n) is 6.16. The second kappa shape index (κ2) is 8.69. The van der Waals surface area contributed by atoms with Gasteiger partial charge in [0.15, 0.2) is 0 Å². The predicted molar refractivity (Wildman–Crippen MR) is 109 cm³/mol. The van der Waals surface area contributed by atoms with Crippen LogP contribution in [0.1, 0.15) is 71.5 Å². The summed E-state index contributed by atoms with van der Waals surface area (Å²) >= 11 is 1.53. The maximum absolute atomic E-state index is 12.7. The average Bonchev–Trinajstić information content (AvgIpc) is 3.19. The van der Waals surface area contributed by atoms with E-state index in [0.717, 1.165) is 49.0 Å². The Balaban J connectivity index is 1.36. The fraction of sp³-hybridized carbons (Fsp3) is 0.700. The lowest BCUT2D eigenvalue weighted by molar-refractivity contribution is 0.0704. The van der Waals surface area contributed by atoms with Gasteiger partial charge in [0, 0.05) is 30.9 Å². The van der Waals surface area contributed by atoms with Crippen molar-refractivity contribution in [3.8, 4) is 0 Å². The molecule has 0 saturated carbocycles. The zero-order valence-electron chi connectivity index (χ0n) is 16.9. The monoisotopic (exact) mass is 402 g/mol. The summed E-state index contributed by atoms with van der Waals surface area (Å²) in [5.41, 5.74) is 2.36. The van der Waals surface area contributed by atoms with Gasteiger partial charge in [-0.05, 0) is 45.7 Å². The Kier molecular flexibility index (Phi) is 6.06. The Hall–Kier alpha value is -1.80. The van der Waals surface area contributed by atoms with Crippen molar-refractivity contribution in [2.45, 2.75) is 57.9 Å². The highest BCUT2D eigenvalue weighted by Crippen LogP contribution is 2.28. The fourth-order valence-electron chi connectivity index (χ4n) is 4.36. The van der Waals surface area contributed by atoms with Gasteiger partial charge < -0.3 is 9.47 Å². The quantitative estimate of drug-likeness (QED) is 0.786. The van der Waals surface area contributed by atoms with Gasteiger partial charge in [-0.2, -0.15) is 0 Å². The molecule has 0 N–H and O–H groups in total. The molecule has 28 heavy (non-hydrogen) atoms. The molecule has 2 aliphatic rings. The Morgan fingerprint density at radius 2 is 1.82 bits per heavy atom. The fourth-order valence-corrected chi connectivity index (χ4v) is 4.93. The Bertz CT molecular complexity index is 799. The van der Waals surface area contributed by atoms with Gasteiger partial charge in [0.25, 0.3) is 5.91 Å². The summed E-state index contributed by atoms with van der Waals surface area (Å²) in [5, 5.41) is 9.04. The summed E-state index contributed by atoms with van der Waals surface area (Å²) in [6, 6.07) is 0. The number of rotatable bonds is 4. The van der Waals surface area contributed by atoms with E-state index in [-0.39, 0.29) is 5.91 Å². The first kappa shape index (κ1) is 19.5. The number of thiazole rings is 1. The van der Waals surface area contributed by atoms with E-state index in [2.05, 4.69) is 31.7 Å². The van der Waals surface area contributed by atoms with Crippen LogP contribution in [0.4, 0.5) is 0 Å². The second-order valence-corrected chi connectivity index (χ2v) is 9.11. The van der Waals surface area contributed by atoms with Gasteiger partial charge in [0.1, 0.15) is 17.3 Å². The van der Waals surface area contributed by atoms with Crippen molar-refractivity contribution < 1.29 is 4.79 Å². The van der Waals surface area contributed by atoms with Gasteiger partial charge in [-0.3, -0.25) is 9.69 Å². The maximum Gasteiger partial charge on any atom is 0.273 e. The summed E-state index contributed by atoms with van der Waals surface area (Å²) in [7, 11) is 2.10. The van der Waals surface area contributed by atoms with E-state index in [1.54, 1.807) is 5.51 Å². The van der Waals surface area contributed by atoms with E-state index in [4.69, 9.17) is 0 Å². The molecule has 152 valence electrons. The molecule has 2 saturated heterocycles. The predicted octanol–water partition coefficient (Wildman–Crippen LogP) is 2.98. The summed E-state index contributed by atoms with van der Waals surface area (Å²) in [6.45, 7) is 6.70. The van der Waals surface area contributed by atoms with Gasteiger partial charge in [-0.15, -0.1) is 21.5 Å². The molecule has 2 aromatic rings. The Morgan fingerprint density at radius 1 is 1.11 bits per heavy atom. The average molecular weight is 403 g/mol. The van der Waals surface area contributed by atoms with Crippen LogP contribution < -0.4 is 0 Å². The van der Waals surface area contributed by atoms with E-state index < -0.39 is 0 Å². The molecule has 2 aromatic heterocycles. The lowest BCUT2D eigenvalue weighted by Gasteiger charge is -2.31. The molecular formula is C20H30N6OS. The number of aromatic nitrogens is 4. The molecule has 0 unspecified atom stereocenters. The lowest BCUT2D eigenvalue weighted by Crippen LogP contribution is -2.38. The minimum absolute atomic E-state index is 0.0667. The van der Waals surface area contributed by atoms with E-state index >= 15 is 0 Å². The van der Waals surface area contributed by atoms with Gasteiger partial charge in [0.05, 0.1) is 12.1 Å². The molecule has 0 aromatic carbocycles. The molecule has 0 bridgehead atoms. The van der Waals surface area contributed by atoms with E-state index in [9.17, 15) is 4.79 Å².